The van der Waals surface area contributed by atoms with Gasteiger partial charge in [0.2, 0.25) is 0 Å². The van der Waals surface area contributed by atoms with Crippen LogP contribution in [0.5, 0.6) is 0 Å². The number of carbonyl (C=O) groups is 1. The van der Waals surface area contributed by atoms with Gasteiger partial charge >= 0.3 is 29.6 Å². The van der Waals surface area contributed by atoms with Gasteiger partial charge in [-0.1, -0.05) is 11.3 Å². The van der Waals surface area contributed by atoms with Gasteiger partial charge in [0.15, 0.2) is 0 Å². The van der Waals surface area contributed by atoms with E-state index in [1.54, 1.807) is 13.0 Å². The Morgan fingerprint density at radius 2 is 2.11 bits per heavy atom. The van der Waals surface area contributed by atoms with Crippen LogP contribution in [0.15, 0.2) is 28.5 Å². The van der Waals surface area contributed by atoms with Gasteiger partial charge < -0.3 is 9.90 Å². The monoisotopic (exact) mass is 274 g/mol. The quantitative estimate of drug-likeness (QED) is 0.257. The van der Waals surface area contributed by atoms with Crippen LogP contribution in [0.1, 0.15) is 5.56 Å². The van der Waals surface area contributed by atoms with Gasteiger partial charge in [0.25, 0.3) is 5.69 Å². The van der Waals surface area contributed by atoms with Crippen LogP contribution in [0.2, 0.25) is 0 Å². The summed E-state index contributed by atoms with van der Waals surface area (Å²) < 4.78 is 0. The number of non-ortho nitro benzene ring substituents is 1. The van der Waals surface area contributed by atoms with Crippen molar-refractivity contribution in [2.24, 2.45) is 10.3 Å². The third kappa shape index (κ3) is 5.77. The molecule has 0 bridgehead atoms. The first-order valence-corrected chi connectivity index (χ1v) is 4.98. The molecule has 0 N–H and O–H groups in total. The standard InChI is InChI=1S/C10H12N4O4.Na/c1-7-3-4-8(14(17)18)5-9(7)11-12-13(2)6-10(15)16;/h3-5H,6H2,1-2H3,(H,15,16);/q;+1/p-1. The number of carbonyl (C=O) groups excluding carboxylic acids is 1. The van der Waals surface area contributed by atoms with E-state index in [0.29, 0.717) is 11.3 Å². The van der Waals surface area contributed by atoms with Crippen LogP contribution in [0.25, 0.3) is 0 Å². The van der Waals surface area contributed by atoms with Crippen molar-refractivity contribution in [1.29, 1.82) is 0 Å². The maximum Gasteiger partial charge on any atom is 1.00 e. The van der Waals surface area contributed by atoms with E-state index in [0.717, 1.165) is 5.01 Å². The van der Waals surface area contributed by atoms with E-state index in [1.165, 1.54) is 19.2 Å². The van der Waals surface area contributed by atoms with Gasteiger partial charge in [0, 0.05) is 19.2 Å². The molecule has 19 heavy (non-hydrogen) atoms. The Morgan fingerprint density at radius 1 is 1.47 bits per heavy atom. The van der Waals surface area contributed by atoms with Crippen molar-refractivity contribution in [2.75, 3.05) is 13.6 Å². The third-order valence-corrected chi connectivity index (χ3v) is 2.07. The summed E-state index contributed by atoms with van der Waals surface area (Å²) in [6, 6.07) is 4.18. The predicted molar refractivity (Wildman–Crippen MR) is 60.0 cm³/mol. The molecule has 0 radical (unpaired) electrons. The van der Waals surface area contributed by atoms with Crippen LogP contribution in [0, 0.1) is 17.0 Å². The molecule has 96 valence electrons. The zero-order chi connectivity index (χ0) is 13.7. The molecular formula is C10H11N4NaO4. The van der Waals surface area contributed by atoms with Crippen molar-refractivity contribution in [2.45, 2.75) is 6.92 Å². The van der Waals surface area contributed by atoms with Crippen LogP contribution in [0.4, 0.5) is 11.4 Å². The number of hydrogen-bond donors (Lipinski definition) is 0. The fraction of sp³-hybridized carbons (Fsp3) is 0.300. The Kier molecular flexibility index (Phi) is 7.20. The van der Waals surface area contributed by atoms with Crippen molar-refractivity contribution < 1.29 is 44.4 Å². The molecule has 0 saturated carbocycles. The average molecular weight is 274 g/mol. The largest absolute Gasteiger partial charge is 1.00 e. The summed E-state index contributed by atoms with van der Waals surface area (Å²) in [4.78, 5) is 20.3. The Bertz CT molecular complexity index is 506. The van der Waals surface area contributed by atoms with Crippen LogP contribution in [-0.2, 0) is 4.79 Å². The number of nitro groups is 1. The SMILES string of the molecule is Cc1ccc([N+](=O)[O-])cc1N=NN(C)CC(=O)[O-].[Na+]. The fourth-order valence-electron chi connectivity index (χ4n) is 1.16. The molecule has 0 saturated heterocycles. The number of aliphatic carboxylic acids is 1. The van der Waals surface area contributed by atoms with E-state index in [4.69, 9.17) is 0 Å². The normalized spacial score (nSPS) is 10.0. The molecular weight excluding hydrogens is 263 g/mol. The van der Waals surface area contributed by atoms with Crippen LogP contribution in [-0.4, -0.2) is 29.5 Å². The summed E-state index contributed by atoms with van der Waals surface area (Å²) in [6.07, 6.45) is 0. The summed E-state index contributed by atoms with van der Waals surface area (Å²) in [5, 5.41) is 29.3. The van der Waals surface area contributed by atoms with Crippen LogP contribution < -0.4 is 34.7 Å². The molecule has 0 spiro atoms. The van der Waals surface area contributed by atoms with Crippen LogP contribution >= 0.6 is 0 Å². The number of carboxylic acids is 1. The molecule has 1 rings (SSSR count). The van der Waals surface area contributed by atoms with Crippen molar-refractivity contribution in [1.82, 2.24) is 5.01 Å². The molecule has 0 aromatic heterocycles. The third-order valence-electron chi connectivity index (χ3n) is 2.07. The fourth-order valence-corrected chi connectivity index (χ4v) is 1.16. The van der Waals surface area contributed by atoms with Gasteiger partial charge in [-0.25, -0.2) is 0 Å². The molecule has 1 aromatic carbocycles. The summed E-state index contributed by atoms with van der Waals surface area (Å²) >= 11 is 0. The molecule has 8 nitrogen and oxygen atoms in total. The first-order valence-electron chi connectivity index (χ1n) is 4.98. The maximum atomic E-state index is 10.6. The Hall–Kier alpha value is -1.51. The van der Waals surface area contributed by atoms with E-state index in [1.807, 2.05) is 0 Å². The van der Waals surface area contributed by atoms with Gasteiger partial charge in [-0.2, -0.15) is 0 Å². The van der Waals surface area contributed by atoms with Gasteiger partial charge in [-0.15, -0.1) is 5.11 Å². The molecule has 0 unspecified atom stereocenters. The second-order valence-corrected chi connectivity index (χ2v) is 3.61. The number of hydrogen-bond acceptors (Lipinski definition) is 6. The first kappa shape index (κ1) is 17.5. The minimum atomic E-state index is -1.28. The molecule has 0 aliphatic carbocycles. The first-order chi connectivity index (χ1) is 8.40. The summed E-state index contributed by atoms with van der Waals surface area (Å²) in [7, 11) is 1.41. The zero-order valence-electron chi connectivity index (χ0n) is 10.9. The van der Waals surface area contributed by atoms with Gasteiger partial charge in [0.1, 0.15) is 0 Å². The second-order valence-electron chi connectivity index (χ2n) is 3.61. The summed E-state index contributed by atoms with van der Waals surface area (Å²) in [6.45, 7) is 1.31. The zero-order valence-corrected chi connectivity index (χ0v) is 12.9. The molecule has 9 heteroatoms. The number of rotatable bonds is 5. The topological polar surface area (TPSA) is 111 Å². The van der Waals surface area contributed by atoms with Gasteiger partial charge in [-0.05, 0) is 12.5 Å². The molecule has 0 fully saturated rings. The van der Waals surface area contributed by atoms with E-state index >= 15 is 0 Å². The van der Waals surface area contributed by atoms with Crippen molar-refractivity contribution >= 4 is 17.3 Å². The molecule has 0 aliphatic heterocycles. The molecule has 0 aliphatic rings. The van der Waals surface area contributed by atoms with Crippen LogP contribution in [0.3, 0.4) is 0 Å². The smallest absolute Gasteiger partial charge is 0.548 e. The van der Waals surface area contributed by atoms with E-state index in [9.17, 15) is 20.0 Å². The van der Waals surface area contributed by atoms with Crippen molar-refractivity contribution in [3.8, 4) is 0 Å². The van der Waals surface area contributed by atoms with Crippen molar-refractivity contribution in [3.05, 3.63) is 33.9 Å². The summed E-state index contributed by atoms with van der Waals surface area (Å²) in [5.41, 5.74) is 0.915. The number of nitro benzene ring substituents is 1. The minimum absolute atomic E-state index is 0. The molecule has 1 aromatic rings. The minimum Gasteiger partial charge on any atom is -0.548 e. The molecule has 0 atom stereocenters. The average Bonchev–Trinajstić information content (AvgIpc) is 2.26. The number of nitrogens with zero attached hydrogens (tertiary/aromatic N) is 4. The molecule has 0 heterocycles. The number of aryl methyl sites for hydroxylation is 1. The summed E-state index contributed by atoms with van der Waals surface area (Å²) in [5.74, 6) is -1.28. The Labute approximate surface area is 131 Å². The van der Waals surface area contributed by atoms with E-state index in [-0.39, 0.29) is 35.2 Å². The Morgan fingerprint density at radius 3 is 2.63 bits per heavy atom. The Balaban J connectivity index is 0.00000324. The number of carboxylic acid groups (broad SMARTS) is 1. The predicted octanol–water partition coefficient (Wildman–Crippen LogP) is -2.41. The van der Waals surface area contributed by atoms with Crippen molar-refractivity contribution in [3.63, 3.8) is 0 Å². The van der Waals surface area contributed by atoms with E-state index < -0.39 is 17.4 Å². The number of likely N-dealkylation sites (N-methyl/N-ethyl adjacent to an activating group) is 1. The van der Waals surface area contributed by atoms with E-state index in [2.05, 4.69) is 10.3 Å². The maximum absolute atomic E-state index is 10.6. The second kappa shape index (κ2) is 7.82. The number of benzene rings is 1. The van der Waals surface area contributed by atoms with Gasteiger partial charge in [-0.3, -0.25) is 15.1 Å². The molecule has 0 amide bonds. The van der Waals surface area contributed by atoms with Gasteiger partial charge in [0.05, 0.1) is 23.1 Å².